The Balaban J connectivity index is 1.25. The molecule has 2 aromatic carbocycles. The number of oxazole rings is 1. The number of anilines is 1. The Morgan fingerprint density at radius 1 is 1.03 bits per heavy atom. The number of carbonyl (C=O) groups is 1. The van der Waals surface area contributed by atoms with Gasteiger partial charge >= 0.3 is 0 Å². The lowest BCUT2D eigenvalue weighted by molar-refractivity contribution is -0.384. The van der Waals surface area contributed by atoms with E-state index in [0.717, 1.165) is 49.5 Å². The molecule has 1 saturated heterocycles. The number of hydrogen-bond donors (Lipinski definition) is 1. The van der Waals surface area contributed by atoms with E-state index in [1.807, 2.05) is 44.2 Å². The topological polar surface area (TPSA) is 105 Å². The molecule has 1 aliphatic heterocycles. The zero-order valence-electron chi connectivity index (χ0n) is 18.8. The number of piperazine rings is 1. The molecule has 33 heavy (non-hydrogen) atoms. The van der Waals surface area contributed by atoms with Crippen LogP contribution in [0.15, 0.2) is 53.1 Å². The molecule has 0 spiro atoms. The van der Waals surface area contributed by atoms with E-state index in [9.17, 15) is 14.9 Å². The Labute approximate surface area is 192 Å². The zero-order valence-corrected chi connectivity index (χ0v) is 18.8. The van der Waals surface area contributed by atoms with Crippen LogP contribution in [0.5, 0.6) is 0 Å². The summed E-state index contributed by atoms with van der Waals surface area (Å²) in [6.45, 7) is 8.77. The number of amides is 1. The van der Waals surface area contributed by atoms with Gasteiger partial charge in [0.1, 0.15) is 6.26 Å². The van der Waals surface area contributed by atoms with Gasteiger partial charge in [-0.05, 0) is 42.7 Å². The van der Waals surface area contributed by atoms with E-state index in [-0.39, 0.29) is 22.2 Å². The second kappa shape index (κ2) is 9.93. The lowest BCUT2D eigenvalue weighted by atomic mass is 10.1. The number of hydrogen-bond acceptors (Lipinski definition) is 7. The van der Waals surface area contributed by atoms with Crippen molar-refractivity contribution in [1.82, 2.24) is 14.8 Å². The molecule has 4 rings (SSSR count). The SMILES string of the molecule is Cc1ccc(NC(=O)c2coc(CN3CCN(Cc4ccc([N+](=O)[O-])cc4)CC3)n2)cc1C. The van der Waals surface area contributed by atoms with Gasteiger partial charge in [0, 0.05) is 50.5 Å². The van der Waals surface area contributed by atoms with Crippen molar-refractivity contribution < 1.29 is 14.1 Å². The minimum Gasteiger partial charge on any atom is -0.447 e. The van der Waals surface area contributed by atoms with Crippen LogP contribution in [-0.4, -0.2) is 51.8 Å². The summed E-state index contributed by atoms with van der Waals surface area (Å²) < 4.78 is 5.54. The first-order chi connectivity index (χ1) is 15.9. The summed E-state index contributed by atoms with van der Waals surface area (Å²) in [5.74, 6) is 0.227. The third-order valence-electron chi connectivity index (χ3n) is 5.93. The lowest BCUT2D eigenvalue weighted by Gasteiger charge is -2.34. The zero-order chi connectivity index (χ0) is 23.4. The fraction of sp³-hybridized carbons (Fsp3) is 0.333. The van der Waals surface area contributed by atoms with Gasteiger partial charge < -0.3 is 9.73 Å². The Morgan fingerprint density at radius 2 is 1.70 bits per heavy atom. The van der Waals surface area contributed by atoms with Gasteiger partial charge in [0.2, 0.25) is 5.89 Å². The Bertz CT molecular complexity index is 1130. The minimum absolute atomic E-state index is 0.108. The molecule has 1 N–H and O–H groups in total. The van der Waals surface area contributed by atoms with Crippen molar-refractivity contribution in [3.8, 4) is 0 Å². The van der Waals surface area contributed by atoms with Gasteiger partial charge in [-0.15, -0.1) is 0 Å². The maximum absolute atomic E-state index is 12.5. The van der Waals surface area contributed by atoms with E-state index in [0.29, 0.717) is 12.4 Å². The second-order valence-electron chi connectivity index (χ2n) is 8.36. The number of nitrogens with zero attached hydrogens (tertiary/aromatic N) is 4. The van der Waals surface area contributed by atoms with Crippen LogP contribution in [-0.2, 0) is 13.1 Å². The summed E-state index contributed by atoms with van der Waals surface area (Å²) in [6.07, 6.45) is 1.40. The highest BCUT2D eigenvalue weighted by Crippen LogP contribution is 2.17. The summed E-state index contributed by atoms with van der Waals surface area (Å²) in [6, 6.07) is 12.5. The molecular formula is C24H27N5O4. The molecule has 9 heteroatoms. The van der Waals surface area contributed by atoms with Gasteiger partial charge in [-0.25, -0.2) is 4.98 Å². The van der Waals surface area contributed by atoms with Gasteiger partial charge in [0.15, 0.2) is 5.69 Å². The molecule has 1 amide bonds. The van der Waals surface area contributed by atoms with Crippen molar-refractivity contribution in [2.45, 2.75) is 26.9 Å². The predicted molar refractivity (Wildman–Crippen MR) is 124 cm³/mol. The van der Waals surface area contributed by atoms with Crippen molar-refractivity contribution in [2.24, 2.45) is 0 Å². The van der Waals surface area contributed by atoms with Crippen molar-refractivity contribution in [1.29, 1.82) is 0 Å². The summed E-state index contributed by atoms with van der Waals surface area (Å²) in [5.41, 5.74) is 4.44. The maximum Gasteiger partial charge on any atom is 0.277 e. The van der Waals surface area contributed by atoms with E-state index in [1.54, 1.807) is 12.1 Å². The van der Waals surface area contributed by atoms with Crippen molar-refractivity contribution in [3.05, 3.63) is 87.1 Å². The van der Waals surface area contributed by atoms with E-state index in [1.165, 1.54) is 11.8 Å². The summed E-state index contributed by atoms with van der Waals surface area (Å²) in [5, 5.41) is 13.7. The molecule has 2 heterocycles. The molecule has 1 aliphatic rings. The average Bonchev–Trinajstić information content (AvgIpc) is 3.27. The lowest BCUT2D eigenvalue weighted by Crippen LogP contribution is -2.45. The van der Waals surface area contributed by atoms with Gasteiger partial charge in [-0.3, -0.25) is 24.7 Å². The molecule has 0 radical (unpaired) electrons. The molecule has 0 unspecified atom stereocenters. The summed E-state index contributed by atoms with van der Waals surface area (Å²) in [4.78, 5) is 31.8. The number of nitro groups is 1. The van der Waals surface area contributed by atoms with E-state index < -0.39 is 0 Å². The third kappa shape index (κ3) is 5.82. The average molecular weight is 450 g/mol. The van der Waals surface area contributed by atoms with E-state index in [2.05, 4.69) is 20.1 Å². The molecule has 9 nitrogen and oxygen atoms in total. The van der Waals surface area contributed by atoms with Gasteiger partial charge in [0.25, 0.3) is 11.6 Å². The fourth-order valence-corrected chi connectivity index (χ4v) is 3.78. The number of non-ortho nitro benzene ring substituents is 1. The third-order valence-corrected chi connectivity index (χ3v) is 5.93. The first-order valence-electron chi connectivity index (χ1n) is 10.9. The van der Waals surface area contributed by atoms with Gasteiger partial charge in [0.05, 0.1) is 11.5 Å². The highest BCUT2D eigenvalue weighted by molar-refractivity contribution is 6.02. The van der Waals surface area contributed by atoms with Crippen molar-refractivity contribution >= 4 is 17.3 Å². The van der Waals surface area contributed by atoms with Crippen LogP contribution in [0.1, 0.15) is 33.1 Å². The summed E-state index contributed by atoms with van der Waals surface area (Å²) in [7, 11) is 0. The van der Waals surface area contributed by atoms with Crippen LogP contribution in [0.25, 0.3) is 0 Å². The maximum atomic E-state index is 12.5. The molecule has 172 valence electrons. The van der Waals surface area contributed by atoms with Crippen LogP contribution < -0.4 is 5.32 Å². The van der Waals surface area contributed by atoms with Crippen LogP contribution in [0, 0.1) is 24.0 Å². The molecule has 1 fully saturated rings. The quantitative estimate of drug-likeness (QED) is 0.432. The highest BCUT2D eigenvalue weighted by Gasteiger charge is 2.20. The summed E-state index contributed by atoms with van der Waals surface area (Å²) >= 11 is 0. The number of rotatable bonds is 7. The molecule has 1 aromatic heterocycles. The molecule has 0 aliphatic carbocycles. The number of aryl methyl sites for hydroxylation is 2. The van der Waals surface area contributed by atoms with Crippen LogP contribution in [0.3, 0.4) is 0 Å². The van der Waals surface area contributed by atoms with Crippen LogP contribution in [0.2, 0.25) is 0 Å². The number of nitro benzene ring substituents is 1. The molecular weight excluding hydrogens is 422 g/mol. The smallest absolute Gasteiger partial charge is 0.277 e. The first-order valence-corrected chi connectivity index (χ1v) is 10.9. The van der Waals surface area contributed by atoms with E-state index >= 15 is 0 Å². The highest BCUT2D eigenvalue weighted by atomic mass is 16.6. The monoisotopic (exact) mass is 449 g/mol. The second-order valence-corrected chi connectivity index (χ2v) is 8.36. The minimum atomic E-state index is -0.385. The van der Waals surface area contributed by atoms with Crippen LogP contribution >= 0.6 is 0 Å². The largest absolute Gasteiger partial charge is 0.447 e. The van der Waals surface area contributed by atoms with Gasteiger partial charge in [-0.2, -0.15) is 0 Å². The number of benzene rings is 2. The predicted octanol–water partition coefficient (Wildman–Crippen LogP) is 3.77. The molecule has 3 aromatic rings. The van der Waals surface area contributed by atoms with E-state index in [4.69, 9.17) is 4.42 Å². The van der Waals surface area contributed by atoms with Crippen LogP contribution in [0.4, 0.5) is 11.4 Å². The first kappa shape index (κ1) is 22.6. The Morgan fingerprint density at radius 3 is 2.33 bits per heavy atom. The fourth-order valence-electron chi connectivity index (χ4n) is 3.78. The van der Waals surface area contributed by atoms with Crippen molar-refractivity contribution in [2.75, 3.05) is 31.5 Å². The standard InChI is InChI=1S/C24H27N5O4/c1-17-3-6-20(13-18(17)2)25-24(30)22-16-33-23(26-22)15-28-11-9-27(10-12-28)14-19-4-7-21(8-5-19)29(31)32/h3-8,13,16H,9-12,14-15H2,1-2H3,(H,25,30). The number of carbonyl (C=O) groups excluding carboxylic acids is 1. The number of aromatic nitrogens is 1. The van der Waals surface area contributed by atoms with Gasteiger partial charge in [-0.1, -0.05) is 18.2 Å². The Kier molecular flexibility index (Phi) is 6.81. The molecule has 0 atom stereocenters. The Hall–Kier alpha value is -3.56. The molecule has 0 bridgehead atoms. The molecule has 0 saturated carbocycles. The van der Waals surface area contributed by atoms with Crippen molar-refractivity contribution in [3.63, 3.8) is 0 Å². The normalized spacial score (nSPS) is 14.8. The number of nitrogens with one attached hydrogen (secondary N) is 1.